The highest BCUT2D eigenvalue weighted by atomic mass is 32.1. The topological polar surface area (TPSA) is 84.1 Å². The van der Waals surface area contributed by atoms with Gasteiger partial charge >= 0.3 is 0 Å². The molecule has 2 aromatic heterocycles. The lowest BCUT2D eigenvalue weighted by Crippen LogP contribution is -2.15. The third kappa shape index (κ3) is 2.43. The van der Waals surface area contributed by atoms with Gasteiger partial charge in [0.05, 0.1) is 18.6 Å². The lowest BCUT2D eigenvalue weighted by Gasteiger charge is -2.01. The molecule has 0 saturated carbocycles. The van der Waals surface area contributed by atoms with Gasteiger partial charge in [-0.25, -0.2) is 4.98 Å². The fourth-order valence-corrected chi connectivity index (χ4v) is 2.77. The second kappa shape index (κ2) is 4.75. The first kappa shape index (κ1) is 11.8. The maximum Gasteiger partial charge on any atom is 0.243 e. The molecule has 3 rings (SSSR count). The van der Waals surface area contributed by atoms with Crippen LogP contribution in [0.25, 0.3) is 0 Å². The molecule has 18 heavy (non-hydrogen) atoms. The molecule has 0 radical (unpaired) electrons. The minimum absolute atomic E-state index is 0.0284. The monoisotopic (exact) mass is 266 g/mol. The Morgan fingerprint density at radius 2 is 2.44 bits per heavy atom. The fourth-order valence-electron chi connectivity index (χ4n) is 2.01. The molecule has 3 heterocycles. The minimum atomic E-state index is -0.327. The molecule has 2 atom stereocenters. The molecule has 96 valence electrons. The van der Waals surface area contributed by atoms with E-state index in [4.69, 9.17) is 4.52 Å². The molecule has 6 nitrogen and oxygen atoms in total. The normalized spacial score (nSPS) is 23.7. The van der Waals surface area contributed by atoms with Crippen LogP contribution in [0.4, 0.5) is 0 Å². The highest BCUT2D eigenvalue weighted by Crippen LogP contribution is 2.22. The summed E-state index contributed by atoms with van der Waals surface area (Å²) < 4.78 is 5.22. The van der Waals surface area contributed by atoms with Gasteiger partial charge < -0.3 is 14.9 Å². The molecule has 1 aliphatic rings. The SMILES string of the molecule is Cc1csc(Cc2noc([C@H]3C[C@@H](O)CN3)n2)n1. The summed E-state index contributed by atoms with van der Waals surface area (Å²) in [6.45, 7) is 2.54. The Morgan fingerprint density at radius 3 is 3.11 bits per heavy atom. The van der Waals surface area contributed by atoms with E-state index in [-0.39, 0.29) is 12.1 Å². The van der Waals surface area contributed by atoms with Crippen LogP contribution in [0.5, 0.6) is 0 Å². The Labute approximate surface area is 108 Å². The molecule has 2 aromatic rings. The van der Waals surface area contributed by atoms with Crippen molar-refractivity contribution in [2.45, 2.75) is 31.9 Å². The van der Waals surface area contributed by atoms with Crippen LogP contribution in [0.15, 0.2) is 9.90 Å². The summed E-state index contributed by atoms with van der Waals surface area (Å²) in [6.07, 6.45) is 0.891. The number of nitrogens with zero attached hydrogens (tertiary/aromatic N) is 3. The number of aryl methyl sites for hydroxylation is 1. The summed E-state index contributed by atoms with van der Waals surface area (Å²) in [5.74, 6) is 1.19. The van der Waals surface area contributed by atoms with Crippen LogP contribution in [0, 0.1) is 6.92 Å². The van der Waals surface area contributed by atoms with Crippen LogP contribution in [0.3, 0.4) is 0 Å². The summed E-state index contributed by atoms with van der Waals surface area (Å²) in [7, 11) is 0. The quantitative estimate of drug-likeness (QED) is 0.855. The summed E-state index contributed by atoms with van der Waals surface area (Å²) in [5.41, 5.74) is 1.01. The van der Waals surface area contributed by atoms with Gasteiger partial charge in [-0.15, -0.1) is 11.3 Å². The van der Waals surface area contributed by atoms with Gasteiger partial charge in [-0.2, -0.15) is 4.98 Å². The van der Waals surface area contributed by atoms with Gasteiger partial charge in [0.15, 0.2) is 5.82 Å². The molecule has 7 heteroatoms. The molecule has 1 saturated heterocycles. The van der Waals surface area contributed by atoms with Gasteiger partial charge in [0.2, 0.25) is 5.89 Å². The zero-order chi connectivity index (χ0) is 12.5. The van der Waals surface area contributed by atoms with Gasteiger partial charge in [-0.05, 0) is 13.3 Å². The van der Waals surface area contributed by atoms with Crippen LogP contribution in [0.2, 0.25) is 0 Å². The summed E-state index contributed by atoms with van der Waals surface area (Å²) >= 11 is 1.60. The first-order valence-corrected chi connectivity index (χ1v) is 6.73. The second-order valence-electron chi connectivity index (χ2n) is 4.46. The van der Waals surface area contributed by atoms with E-state index in [1.54, 1.807) is 11.3 Å². The lowest BCUT2D eigenvalue weighted by molar-refractivity contribution is 0.191. The summed E-state index contributed by atoms with van der Waals surface area (Å²) in [6, 6.07) is -0.0284. The standard InChI is InChI=1S/C11H14N4O2S/c1-6-5-18-10(13-6)3-9-14-11(17-15-9)8-2-7(16)4-12-8/h5,7-8,12,16H,2-4H2,1H3/t7-,8-/m1/s1. The molecular formula is C11H14N4O2S. The van der Waals surface area contributed by atoms with Crippen LogP contribution in [0.1, 0.15) is 34.9 Å². The number of hydrogen-bond acceptors (Lipinski definition) is 7. The molecule has 0 bridgehead atoms. The van der Waals surface area contributed by atoms with Gasteiger partial charge in [0.1, 0.15) is 5.01 Å². The maximum atomic E-state index is 9.44. The first-order chi connectivity index (χ1) is 8.70. The molecule has 0 spiro atoms. The van der Waals surface area contributed by atoms with Crippen molar-refractivity contribution >= 4 is 11.3 Å². The van der Waals surface area contributed by atoms with Crippen molar-refractivity contribution in [1.82, 2.24) is 20.4 Å². The third-order valence-electron chi connectivity index (χ3n) is 2.87. The zero-order valence-electron chi connectivity index (χ0n) is 9.96. The number of aliphatic hydroxyl groups excluding tert-OH is 1. The van der Waals surface area contributed by atoms with Gasteiger partial charge in [0, 0.05) is 17.6 Å². The van der Waals surface area contributed by atoms with Crippen LogP contribution in [-0.2, 0) is 6.42 Å². The molecule has 0 aromatic carbocycles. The number of nitrogens with one attached hydrogen (secondary N) is 1. The summed E-state index contributed by atoms with van der Waals surface area (Å²) in [4.78, 5) is 8.71. The predicted octanol–water partition coefficient (Wildman–Crippen LogP) is 0.821. The van der Waals surface area contributed by atoms with E-state index in [9.17, 15) is 5.11 Å². The smallest absolute Gasteiger partial charge is 0.243 e. The molecule has 2 N–H and O–H groups in total. The minimum Gasteiger partial charge on any atom is -0.392 e. The number of thiazole rings is 1. The molecule has 0 aliphatic carbocycles. The fraction of sp³-hybridized carbons (Fsp3) is 0.545. The van der Waals surface area contributed by atoms with Crippen molar-refractivity contribution in [1.29, 1.82) is 0 Å². The van der Waals surface area contributed by atoms with Gasteiger partial charge in [-0.3, -0.25) is 0 Å². The van der Waals surface area contributed by atoms with Crippen molar-refractivity contribution in [2.24, 2.45) is 0 Å². The van der Waals surface area contributed by atoms with E-state index in [1.807, 2.05) is 12.3 Å². The number of aromatic nitrogens is 3. The Bertz CT molecular complexity index is 539. The van der Waals surface area contributed by atoms with Gasteiger partial charge in [0.25, 0.3) is 0 Å². The van der Waals surface area contributed by atoms with E-state index in [0.717, 1.165) is 10.7 Å². The van der Waals surface area contributed by atoms with Crippen LogP contribution < -0.4 is 5.32 Å². The largest absolute Gasteiger partial charge is 0.392 e. The first-order valence-electron chi connectivity index (χ1n) is 5.85. The van der Waals surface area contributed by atoms with Crippen molar-refractivity contribution in [3.05, 3.63) is 27.8 Å². The molecule has 0 unspecified atom stereocenters. The van der Waals surface area contributed by atoms with E-state index in [2.05, 4.69) is 20.4 Å². The number of aliphatic hydroxyl groups is 1. The molecule has 1 fully saturated rings. The third-order valence-corrected chi connectivity index (χ3v) is 3.83. The van der Waals surface area contributed by atoms with Gasteiger partial charge in [-0.1, -0.05) is 5.16 Å². The van der Waals surface area contributed by atoms with Crippen LogP contribution >= 0.6 is 11.3 Å². The Kier molecular flexibility index (Phi) is 3.11. The Morgan fingerprint density at radius 1 is 1.56 bits per heavy atom. The van der Waals surface area contributed by atoms with Crippen molar-refractivity contribution in [3.63, 3.8) is 0 Å². The lowest BCUT2D eigenvalue weighted by atomic mass is 10.2. The van der Waals surface area contributed by atoms with Crippen LogP contribution in [-0.4, -0.2) is 32.9 Å². The van der Waals surface area contributed by atoms with Crippen molar-refractivity contribution in [3.8, 4) is 0 Å². The second-order valence-corrected chi connectivity index (χ2v) is 5.40. The highest BCUT2D eigenvalue weighted by molar-refractivity contribution is 7.09. The van der Waals surface area contributed by atoms with E-state index >= 15 is 0 Å². The zero-order valence-corrected chi connectivity index (χ0v) is 10.8. The molecular weight excluding hydrogens is 252 g/mol. The summed E-state index contributed by atoms with van der Waals surface area (Å²) in [5, 5.41) is 19.5. The van der Waals surface area contributed by atoms with E-state index in [0.29, 0.717) is 31.1 Å². The average Bonchev–Trinajstić information content (AvgIpc) is 3.01. The van der Waals surface area contributed by atoms with Crippen molar-refractivity contribution < 1.29 is 9.63 Å². The average molecular weight is 266 g/mol. The number of β-amino-alcohol motifs (C(OH)–C–C–N with tert-alkyl or cyclic N) is 1. The molecule has 0 amide bonds. The predicted molar refractivity (Wildman–Crippen MR) is 65.3 cm³/mol. The maximum absolute atomic E-state index is 9.44. The highest BCUT2D eigenvalue weighted by Gasteiger charge is 2.28. The Balaban J connectivity index is 1.70. The van der Waals surface area contributed by atoms with E-state index in [1.165, 1.54) is 0 Å². The number of hydrogen-bond donors (Lipinski definition) is 2. The number of rotatable bonds is 3. The van der Waals surface area contributed by atoms with Crippen molar-refractivity contribution in [2.75, 3.05) is 6.54 Å². The van der Waals surface area contributed by atoms with E-state index < -0.39 is 0 Å². The molecule has 1 aliphatic heterocycles. The Hall–Kier alpha value is -1.31.